The fraction of sp³-hybridized carbons (Fsp3) is 0.357. The number of H-pyrrole nitrogens is 1. The third kappa shape index (κ3) is 5.97. The summed E-state index contributed by atoms with van der Waals surface area (Å²) < 4.78 is 25.5. The third-order valence-electron chi connectivity index (χ3n) is 7.06. The second kappa shape index (κ2) is 12.3. The van der Waals surface area contributed by atoms with Gasteiger partial charge in [-0.2, -0.15) is 0 Å². The zero-order valence-electron chi connectivity index (χ0n) is 21.9. The van der Waals surface area contributed by atoms with Crippen LogP contribution in [-0.4, -0.2) is 109 Å². The quantitative estimate of drug-likeness (QED) is 0.340. The smallest absolute Gasteiger partial charge is 0.408 e. The predicted molar refractivity (Wildman–Crippen MR) is 143 cm³/mol. The molecule has 12 heteroatoms. The van der Waals surface area contributed by atoms with Crippen LogP contribution in [0.15, 0.2) is 48.7 Å². The highest BCUT2D eigenvalue weighted by molar-refractivity contribution is 6.45. The molecule has 0 atom stereocenters. The molecule has 2 fully saturated rings. The lowest BCUT2D eigenvalue weighted by molar-refractivity contribution is -0.127. The zero-order chi connectivity index (χ0) is 28.1. The Labute approximate surface area is 229 Å². The molecule has 1 aromatic heterocycles. The molecular weight excluding hydrogens is 521 g/mol. The third-order valence-corrected chi connectivity index (χ3v) is 7.06. The van der Waals surface area contributed by atoms with Crippen LogP contribution in [0.2, 0.25) is 0 Å². The number of aromatic nitrogens is 1. The maximum Gasteiger partial charge on any atom is 0.412 e. The molecule has 0 bridgehead atoms. The first-order valence-electron chi connectivity index (χ1n) is 13.2. The second-order valence-electron chi connectivity index (χ2n) is 9.55. The average molecular weight is 552 g/mol. The van der Waals surface area contributed by atoms with Crippen molar-refractivity contribution in [2.75, 3.05) is 65.6 Å². The largest absolute Gasteiger partial charge is 0.412 e. The number of morpholine rings is 1. The molecule has 3 aromatic rings. The molecule has 2 aliphatic rings. The summed E-state index contributed by atoms with van der Waals surface area (Å²) in [5, 5.41) is 2.53. The summed E-state index contributed by atoms with van der Waals surface area (Å²) in [6.45, 7) is 4.76. The van der Waals surface area contributed by atoms with E-state index in [2.05, 4.69) is 15.2 Å². The van der Waals surface area contributed by atoms with Gasteiger partial charge >= 0.3 is 6.09 Å². The van der Waals surface area contributed by atoms with E-state index in [0.29, 0.717) is 31.9 Å². The Morgan fingerprint density at radius 1 is 0.925 bits per heavy atom. The summed E-state index contributed by atoms with van der Waals surface area (Å²) >= 11 is 0. The standard InChI is InChI=1S/C28H30FN5O6/c29-21-6-7-22(40-28(38)30-8-9-32-14-16-39-17-15-32)24-23(21)20(18-31-24)25(35)27(37)34-12-10-33(11-13-34)26(36)19-4-2-1-3-5-19/h1-7,18,31H,8-17H2,(H,30,38). The van der Waals surface area contributed by atoms with Gasteiger partial charge in [0.15, 0.2) is 5.75 Å². The van der Waals surface area contributed by atoms with Crippen molar-refractivity contribution in [2.24, 2.45) is 0 Å². The first-order chi connectivity index (χ1) is 19.4. The number of benzene rings is 2. The SMILES string of the molecule is O=C(NCCN1CCOCC1)Oc1ccc(F)c2c(C(=O)C(=O)N3CCN(C(=O)c4ccccc4)CC3)c[nH]c12. The van der Waals surface area contributed by atoms with Crippen molar-refractivity contribution in [1.29, 1.82) is 0 Å². The molecule has 2 aromatic carbocycles. The number of nitrogens with zero attached hydrogens (tertiary/aromatic N) is 3. The average Bonchev–Trinajstić information content (AvgIpc) is 3.45. The van der Waals surface area contributed by atoms with E-state index in [4.69, 9.17) is 9.47 Å². The van der Waals surface area contributed by atoms with Crippen molar-refractivity contribution >= 4 is 34.6 Å². The summed E-state index contributed by atoms with van der Waals surface area (Å²) in [5.74, 6) is -2.53. The van der Waals surface area contributed by atoms with Crippen LogP contribution in [-0.2, 0) is 9.53 Å². The van der Waals surface area contributed by atoms with Crippen LogP contribution < -0.4 is 10.1 Å². The number of ketones is 1. The van der Waals surface area contributed by atoms with Gasteiger partial charge in [-0.15, -0.1) is 0 Å². The number of hydrogen-bond donors (Lipinski definition) is 2. The summed E-state index contributed by atoms with van der Waals surface area (Å²) in [6.07, 6.45) is 0.523. The Balaban J connectivity index is 1.21. The molecule has 0 spiro atoms. The second-order valence-corrected chi connectivity index (χ2v) is 9.55. The lowest BCUT2D eigenvalue weighted by Crippen LogP contribution is -2.52. The number of halogens is 1. The van der Waals surface area contributed by atoms with Crippen LogP contribution in [0.25, 0.3) is 10.9 Å². The van der Waals surface area contributed by atoms with E-state index in [0.717, 1.165) is 19.2 Å². The minimum absolute atomic E-state index is 0.0276. The van der Waals surface area contributed by atoms with Gasteiger partial charge in [0.25, 0.3) is 17.6 Å². The molecule has 11 nitrogen and oxygen atoms in total. The van der Waals surface area contributed by atoms with Crippen molar-refractivity contribution in [2.45, 2.75) is 0 Å². The van der Waals surface area contributed by atoms with Crippen LogP contribution in [0.3, 0.4) is 0 Å². The van der Waals surface area contributed by atoms with Gasteiger partial charge in [0, 0.05) is 64.1 Å². The Bertz CT molecular complexity index is 1400. The molecule has 0 saturated carbocycles. The van der Waals surface area contributed by atoms with E-state index in [-0.39, 0.29) is 54.3 Å². The van der Waals surface area contributed by atoms with Crippen LogP contribution in [0.1, 0.15) is 20.7 Å². The van der Waals surface area contributed by atoms with Gasteiger partial charge in [0.1, 0.15) is 5.82 Å². The fourth-order valence-electron chi connectivity index (χ4n) is 4.86. The topological polar surface area (TPSA) is 124 Å². The van der Waals surface area contributed by atoms with Gasteiger partial charge in [-0.05, 0) is 24.3 Å². The van der Waals surface area contributed by atoms with E-state index in [1.54, 1.807) is 29.2 Å². The van der Waals surface area contributed by atoms with Gasteiger partial charge in [0.05, 0.1) is 29.7 Å². The highest BCUT2D eigenvalue weighted by atomic mass is 19.1. The molecule has 0 aliphatic carbocycles. The summed E-state index contributed by atoms with van der Waals surface area (Å²) in [7, 11) is 0. The monoisotopic (exact) mass is 551 g/mol. The molecule has 0 radical (unpaired) electrons. The van der Waals surface area contributed by atoms with Crippen molar-refractivity contribution < 1.29 is 33.0 Å². The van der Waals surface area contributed by atoms with E-state index >= 15 is 0 Å². The number of hydrogen-bond acceptors (Lipinski definition) is 7. The van der Waals surface area contributed by atoms with Gasteiger partial charge in [-0.3, -0.25) is 19.3 Å². The van der Waals surface area contributed by atoms with E-state index < -0.39 is 23.6 Å². The maximum atomic E-state index is 14.9. The Kier molecular flexibility index (Phi) is 8.37. The molecule has 5 rings (SSSR count). The first-order valence-corrected chi connectivity index (χ1v) is 13.2. The van der Waals surface area contributed by atoms with Gasteiger partial charge in [-0.1, -0.05) is 18.2 Å². The molecule has 210 valence electrons. The van der Waals surface area contributed by atoms with Crippen molar-refractivity contribution in [1.82, 2.24) is 25.0 Å². The molecule has 3 amide bonds. The van der Waals surface area contributed by atoms with Crippen LogP contribution >= 0.6 is 0 Å². The molecule has 3 heterocycles. The number of piperazine rings is 1. The van der Waals surface area contributed by atoms with Crippen molar-refractivity contribution in [3.8, 4) is 5.75 Å². The zero-order valence-corrected chi connectivity index (χ0v) is 21.9. The summed E-state index contributed by atoms with van der Waals surface area (Å²) in [6, 6.07) is 11.2. The number of rotatable bonds is 7. The van der Waals surface area contributed by atoms with E-state index in [1.807, 2.05) is 6.07 Å². The molecule has 2 saturated heterocycles. The number of aromatic amines is 1. The number of amides is 3. The minimum Gasteiger partial charge on any atom is -0.408 e. The molecule has 2 N–H and O–H groups in total. The van der Waals surface area contributed by atoms with E-state index in [9.17, 15) is 23.6 Å². The van der Waals surface area contributed by atoms with Crippen LogP contribution in [0, 0.1) is 5.82 Å². The van der Waals surface area contributed by atoms with Gasteiger partial charge in [0.2, 0.25) is 0 Å². The lowest BCUT2D eigenvalue weighted by Gasteiger charge is -2.34. The predicted octanol–water partition coefficient (Wildman–Crippen LogP) is 1.89. The Morgan fingerprint density at radius 3 is 2.35 bits per heavy atom. The summed E-state index contributed by atoms with van der Waals surface area (Å²) in [5.41, 5.74) is 0.493. The normalized spacial score (nSPS) is 16.1. The van der Waals surface area contributed by atoms with Crippen LogP contribution in [0.4, 0.5) is 9.18 Å². The molecule has 0 unspecified atom stereocenters. The number of fused-ring (bicyclic) bond motifs is 1. The fourth-order valence-corrected chi connectivity index (χ4v) is 4.86. The highest BCUT2D eigenvalue weighted by Gasteiger charge is 2.31. The number of carbonyl (C=O) groups excluding carboxylic acids is 4. The van der Waals surface area contributed by atoms with Crippen LogP contribution in [0.5, 0.6) is 5.75 Å². The van der Waals surface area contributed by atoms with Gasteiger partial charge in [-0.25, -0.2) is 9.18 Å². The number of Topliss-reactive ketones (excluding diaryl/α,β-unsaturated/α-hetero) is 1. The van der Waals surface area contributed by atoms with Crippen molar-refractivity contribution in [3.63, 3.8) is 0 Å². The van der Waals surface area contributed by atoms with Crippen molar-refractivity contribution in [3.05, 3.63) is 65.6 Å². The van der Waals surface area contributed by atoms with E-state index in [1.165, 1.54) is 17.2 Å². The lowest BCUT2D eigenvalue weighted by atomic mass is 10.1. The first kappa shape index (κ1) is 27.3. The Morgan fingerprint density at radius 2 is 1.62 bits per heavy atom. The Hall–Kier alpha value is -4.29. The number of carbonyl (C=O) groups is 4. The maximum absolute atomic E-state index is 14.9. The molecular formula is C28H30FN5O6. The highest BCUT2D eigenvalue weighted by Crippen LogP contribution is 2.30. The van der Waals surface area contributed by atoms with Gasteiger partial charge < -0.3 is 29.6 Å². The molecule has 40 heavy (non-hydrogen) atoms. The minimum atomic E-state index is -0.889. The number of ether oxygens (including phenoxy) is 2. The summed E-state index contributed by atoms with van der Waals surface area (Å²) in [4.78, 5) is 59.1. The molecule has 2 aliphatic heterocycles. The number of nitrogens with one attached hydrogen (secondary N) is 2.